The summed E-state index contributed by atoms with van der Waals surface area (Å²) in [5.41, 5.74) is 5.84. The van der Waals surface area contributed by atoms with Crippen LogP contribution < -0.4 is 3.27 Å². The van der Waals surface area contributed by atoms with Crippen molar-refractivity contribution >= 4 is 52.6 Å². The molecule has 0 aromatic heterocycles. The Morgan fingerprint density at radius 1 is 0.774 bits per heavy atom. The molecule has 0 fully saturated rings. The summed E-state index contributed by atoms with van der Waals surface area (Å²) in [6, 6.07) is 20.7. The average molecular weight is 565 g/mol. The summed E-state index contributed by atoms with van der Waals surface area (Å²) in [6.45, 7) is 4.70. The van der Waals surface area contributed by atoms with E-state index in [-0.39, 0.29) is 24.8 Å². The molecule has 0 heterocycles. The van der Waals surface area contributed by atoms with Crippen molar-refractivity contribution in [2.75, 3.05) is 0 Å². The molecule has 5 rings (SSSR count). The van der Waals surface area contributed by atoms with Crippen LogP contribution in [0.5, 0.6) is 0 Å². The zero-order valence-corrected chi connectivity index (χ0v) is 26.0. The van der Waals surface area contributed by atoms with Gasteiger partial charge in [0.15, 0.2) is 0 Å². The zero-order valence-electron chi connectivity index (χ0n) is 19.1. The van der Waals surface area contributed by atoms with Crippen LogP contribution in [0.4, 0.5) is 0 Å². The fourth-order valence-corrected chi connectivity index (χ4v) is 26.3. The molecule has 0 unspecified atom stereocenters. The summed E-state index contributed by atoms with van der Waals surface area (Å²) in [4.78, 5) is 0. The van der Waals surface area contributed by atoms with Crippen molar-refractivity contribution in [2.24, 2.45) is 0 Å². The third-order valence-electron chi connectivity index (χ3n) is 8.09. The number of fused-ring (bicyclic) bond motifs is 5. The van der Waals surface area contributed by atoms with Crippen molar-refractivity contribution in [1.29, 1.82) is 0 Å². The Morgan fingerprint density at radius 2 is 1.48 bits per heavy atom. The van der Waals surface area contributed by atoms with Crippen molar-refractivity contribution in [3.63, 3.8) is 0 Å². The third-order valence-corrected chi connectivity index (χ3v) is 37.1. The molecule has 2 aliphatic carbocycles. The van der Waals surface area contributed by atoms with Gasteiger partial charge in [-0.1, -0.05) is 0 Å². The number of allylic oxidation sites excluding steroid dienone is 4. The molecule has 3 aromatic carbocycles. The van der Waals surface area contributed by atoms with Crippen molar-refractivity contribution in [3.8, 4) is 11.1 Å². The first-order chi connectivity index (χ1) is 13.1. The fourth-order valence-electron chi connectivity index (χ4n) is 5.97. The first kappa shape index (κ1) is 24.9. The van der Waals surface area contributed by atoms with Gasteiger partial charge < -0.3 is 0 Å². The normalized spacial score (nSPS) is 19.4. The van der Waals surface area contributed by atoms with Crippen LogP contribution in [0.1, 0.15) is 17.5 Å². The summed E-state index contributed by atoms with van der Waals surface area (Å²) in [5, 5.41) is 2.90. The van der Waals surface area contributed by atoms with Crippen molar-refractivity contribution < 1.29 is 11.6 Å². The van der Waals surface area contributed by atoms with E-state index in [4.69, 9.17) is 0 Å². The molecule has 0 amide bonds. The quantitative estimate of drug-likeness (QED) is 0.250. The van der Waals surface area contributed by atoms with Crippen LogP contribution >= 0.6 is 24.8 Å². The minimum atomic E-state index is -4.90. The first-order valence-corrected chi connectivity index (χ1v) is 35.0. The van der Waals surface area contributed by atoms with Gasteiger partial charge >= 0.3 is 169 Å². The van der Waals surface area contributed by atoms with Gasteiger partial charge in [-0.3, -0.25) is 0 Å². The SMILES string of the molecule is Cl.Cl.[CH3][Zr]([CH3])([CH3])([CH3])(=[SiH2])(=[SiH2])([C]1=CC=CC1)[c]1cccc2ccc3c(c12)Cc1ccccc1-3. The predicted octanol–water partition coefficient (Wildman–Crippen LogP) is 6.31. The molecule has 3 aromatic rings. The number of halogens is 2. The van der Waals surface area contributed by atoms with E-state index in [0.717, 1.165) is 12.8 Å². The van der Waals surface area contributed by atoms with Crippen LogP contribution in [0.15, 0.2) is 76.1 Å². The van der Waals surface area contributed by atoms with Crippen molar-refractivity contribution in [2.45, 2.75) is 31.4 Å². The van der Waals surface area contributed by atoms with E-state index in [1.807, 2.05) is 0 Å². The average Bonchev–Trinajstić information content (AvgIpc) is 3.28. The van der Waals surface area contributed by atoms with Crippen LogP contribution in [0.2, 0.25) is 18.5 Å². The molecule has 0 radical (unpaired) electrons. The molecular formula is C26H34Cl2Si2Zr. The number of benzene rings is 3. The van der Waals surface area contributed by atoms with Gasteiger partial charge in [-0.05, 0) is 0 Å². The Balaban J connectivity index is 0.00000136. The third kappa shape index (κ3) is 3.39. The summed E-state index contributed by atoms with van der Waals surface area (Å²) in [7, 11) is 0. The van der Waals surface area contributed by atoms with Gasteiger partial charge in [0.1, 0.15) is 0 Å². The van der Waals surface area contributed by atoms with Gasteiger partial charge in [0.05, 0.1) is 0 Å². The van der Waals surface area contributed by atoms with Gasteiger partial charge in [0.25, 0.3) is 0 Å². The second-order valence-corrected chi connectivity index (χ2v) is 115. The molecule has 0 nitrogen and oxygen atoms in total. The maximum absolute atomic E-state index is 4.90. The van der Waals surface area contributed by atoms with E-state index in [1.165, 1.54) is 33.0 Å². The monoisotopic (exact) mass is 562 g/mol. The molecule has 0 atom stereocenters. The molecular weight excluding hydrogens is 531 g/mol. The zero-order chi connectivity index (χ0) is 20.9. The number of hydrogen-bond donors (Lipinski definition) is 0. The number of hydrogen-bond acceptors (Lipinski definition) is 0. The van der Waals surface area contributed by atoms with E-state index < -0.39 is 11.6 Å². The minimum absolute atomic E-state index is 0. The van der Waals surface area contributed by atoms with Crippen molar-refractivity contribution in [1.82, 2.24) is 0 Å². The molecule has 31 heavy (non-hydrogen) atoms. The Hall–Kier alpha value is -0.703. The molecule has 0 bridgehead atoms. The molecule has 164 valence electrons. The van der Waals surface area contributed by atoms with Gasteiger partial charge in [0, 0.05) is 0 Å². The van der Waals surface area contributed by atoms with E-state index in [9.17, 15) is 0 Å². The summed E-state index contributed by atoms with van der Waals surface area (Å²) in [6.07, 6.45) is 9.16. The molecule has 0 N–H and O–H groups in total. The summed E-state index contributed by atoms with van der Waals surface area (Å²) < 4.78 is 13.9. The van der Waals surface area contributed by atoms with E-state index in [1.54, 1.807) is 6.55 Å². The van der Waals surface area contributed by atoms with Crippen LogP contribution in [0.3, 0.4) is 0 Å². The summed E-state index contributed by atoms with van der Waals surface area (Å²) in [5.74, 6) is 0. The molecule has 0 aliphatic heterocycles. The second-order valence-electron chi connectivity index (χ2n) is 15.1. The van der Waals surface area contributed by atoms with Crippen molar-refractivity contribution in [3.05, 3.63) is 87.2 Å². The molecule has 0 spiro atoms. The standard InChI is InChI=1S/C17H11.C5H5.4CH3.2ClH.2H2Si.Zr/c1-3-7-14-12(5-1)9-10-16-15-8-4-2-6-13(15)11-17(14)16;1-2-4-5-3-1;;;;;;;;;/h1-6,8-10H,11H2;1-3H,4H2;4*1H3;2*1H;2*1H2;. The molecule has 5 heteroatoms. The van der Waals surface area contributed by atoms with Gasteiger partial charge in [-0.25, -0.2) is 0 Å². The van der Waals surface area contributed by atoms with E-state index >= 15 is 0 Å². The van der Waals surface area contributed by atoms with Crippen LogP contribution in [0, 0.1) is 0 Å². The number of rotatable bonds is 2. The van der Waals surface area contributed by atoms with Gasteiger partial charge in [-0.2, -0.15) is 0 Å². The van der Waals surface area contributed by atoms with E-state index in [2.05, 4.69) is 105 Å². The van der Waals surface area contributed by atoms with E-state index in [0.29, 0.717) is 0 Å². The Bertz CT molecular complexity index is 1610. The Labute approximate surface area is 192 Å². The van der Waals surface area contributed by atoms with Crippen LogP contribution in [-0.4, -0.2) is 13.8 Å². The molecule has 0 saturated heterocycles. The fraction of sp³-hybridized carbons (Fsp3) is 0.231. The maximum atomic E-state index is 2.66. The Kier molecular flexibility index (Phi) is 4.42. The summed E-state index contributed by atoms with van der Waals surface area (Å²) >= 11 is -4.90. The predicted molar refractivity (Wildman–Crippen MR) is 149 cm³/mol. The van der Waals surface area contributed by atoms with Gasteiger partial charge in [0.2, 0.25) is 0 Å². The topological polar surface area (TPSA) is 0 Å². The Morgan fingerprint density at radius 3 is 2.16 bits per heavy atom. The molecule has 2 aliphatic rings. The van der Waals surface area contributed by atoms with Crippen LogP contribution in [0.25, 0.3) is 21.9 Å². The first-order valence-electron chi connectivity index (χ1n) is 10.9. The van der Waals surface area contributed by atoms with Gasteiger partial charge in [-0.15, -0.1) is 24.8 Å². The molecule has 0 saturated carbocycles. The second kappa shape index (κ2) is 5.50. The van der Waals surface area contributed by atoms with Crippen LogP contribution in [-0.2, 0) is 18.0 Å².